The van der Waals surface area contributed by atoms with E-state index in [0.717, 1.165) is 31.0 Å². The van der Waals surface area contributed by atoms with Gasteiger partial charge in [0.25, 0.3) is 0 Å². The molecule has 5 nitrogen and oxygen atoms in total. The van der Waals surface area contributed by atoms with E-state index >= 15 is 0 Å². The number of amides is 1. The standard InChI is InChI=1S/C24H28N4O/c1-18-15-19(2)28(25-18)17-24(29)27-14-13-26(16-20(27)3)23-12-8-7-11-22(23)21-9-5-4-6-10-21/h4-12,15,20H,13-14,16-17H2,1-3H3/t20-/m1/s1. The predicted molar refractivity (Wildman–Crippen MR) is 117 cm³/mol. The lowest BCUT2D eigenvalue weighted by molar-refractivity contribution is -0.134. The van der Waals surface area contributed by atoms with Crippen molar-refractivity contribution < 1.29 is 4.79 Å². The Morgan fingerprint density at radius 2 is 1.76 bits per heavy atom. The number of hydrogen-bond acceptors (Lipinski definition) is 3. The van der Waals surface area contributed by atoms with E-state index in [1.165, 1.54) is 16.8 Å². The Morgan fingerprint density at radius 3 is 2.45 bits per heavy atom. The quantitative estimate of drug-likeness (QED) is 0.681. The van der Waals surface area contributed by atoms with E-state index in [2.05, 4.69) is 65.5 Å². The SMILES string of the molecule is Cc1cc(C)n(CC(=O)N2CCN(c3ccccc3-c3ccccc3)C[C@H]2C)n1. The summed E-state index contributed by atoms with van der Waals surface area (Å²) in [4.78, 5) is 17.3. The number of carbonyl (C=O) groups excluding carboxylic acids is 1. The molecule has 0 bridgehead atoms. The molecule has 1 fully saturated rings. The van der Waals surface area contributed by atoms with Crippen LogP contribution in [0, 0.1) is 13.8 Å². The molecule has 1 aromatic heterocycles. The number of aromatic nitrogens is 2. The molecule has 0 N–H and O–H groups in total. The Hall–Kier alpha value is -3.08. The van der Waals surface area contributed by atoms with E-state index in [1.807, 2.05) is 35.6 Å². The van der Waals surface area contributed by atoms with E-state index < -0.39 is 0 Å². The highest BCUT2D eigenvalue weighted by molar-refractivity contribution is 5.80. The van der Waals surface area contributed by atoms with Crippen molar-refractivity contribution in [2.75, 3.05) is 24.5 Å². The van der Waals surface area contributed by atoms with Gasteiger partial charge in [-0.2, -0.15) is 5.10 Å². The van der Waals surface area contributed by atoms with Crippen LogP contribution in [0.4, 0.5) is 5.69 Å². The molecule has 1 amide bonds. The minimum absolute atomic E-state index is 0.139. The summed E-state index contributed by atoms with van der Waals surface area (Å²) in [5, 5.41) is 4.44. The van der Waals surface area contributed by atoms with Crippen molar-refractivity contribution in [3.05, 3.63) is 72.1 Å². The summed E-state index contributed by atoms with van der Waals surface area (Å²) in [6.07, 6.45) is 0. The Morgan fingerprint density at radius 1 is 1.03 bits per heavy atom. The number of aryl methyl sites for hydroxylation is 2. The first-order chi connectivity index (χ1) is 14.0. The van der Waals surface area contributed by atoms with Gasteiger partial charge in [0.1, 0.15) is 6.54 Å². The van der Waals surface area contributed by atoms with Gasteiger partial charge in [0.05, 0.1) is 5.69 Å². The lowest BCUT2D eigenvalue weighted by atomic mass is 10.0. The molecular weight excluding hydrogens is 360 g/mol. The second kappa shape index (κ2) is 8.11. The molecule has 2 heterocycles. The molecule has 4 rings (SSSR count). The molecule has 5 heteroatoms. The molecule has 0 radical (unpaired) electrons. The Kier molecular flexibility index (Phi) is 5.38. The Bertz CT molecular complexity index is 995. The monoisotopic (exact) mass is 388 g/mol. The summed E-state index contributed by atoms with van der Waals surface area (Å²) >= 11 is 0. The van der Waals surface area contributed by atoms with Gasteiger partial charge in [-0.1, -0.05) is 48.5 Å². The molecule has 0 saturated carbocycles. The summed E-state index contributed by atoms with van der Waals surface area (Å²) in [7, 11) is 0. The second-order valence-electron chi connectivity index (χ2n) is 7.85. The van der Waals surface area contributed by atoms with Gasteiger partial charge in [0.15, 0.2) is 0 Å². The van der Waals surface area contributed by atoms with Crippen LogP contribution in [0.5, 0.6) is 0 Å². The number of para-hydroxylation sites is 1. The Labute approximate surface area is 172 Å². The highest BCUT2D eigenvalue weighted by atomic mass is 16.2. The van der Waals surface area contributed by atoms with Crippen LogP contribution in [0.1, 0.15) is 18.3 Å². The molecule has 1 saturated heterocycles. The fourth-order valence-corrected chi connectivity index (χ4v) is 4.21. The number of anilines is 1. The maximum Gasteiger partial charge on any atom is 0.244 e. The van der Waals surface area contributed by atoms with Gasteiger partial charge in [0, 0.05) is 42.6 Å². The van der Waals surface area contributed by atoms with Crippen LogP contribution >= 0.6 is 0 Å². The van der Waals surface area contributed by atoms with Crippen molar-refractivity contribution in [3.63, 3.8) is 0 Å². The van der Waals surface area contributed by atoms with Gasteiger partial charge in [-0.25, -0.2) is 0 Å². The molecule has 3 aromatic rings. The van der Waals surface area contributed by atoms with Crippen molar-refractivity contribution >= 4 is 11.6 Å². The number of hydrogen-bond donors (Lipinski definition) is 0. The van der Waals surface area contributed by atoms with Crippen molar-refractivity contribution in [2.24, 2.45) is 0 Å². The third kappa shape index (κ3) is 4.04. The number of benzene rings is 2. The average Bonchev–Trinajstić information content (AvgIpc) is 3.05. The number of nitrogens with zero attached hydrogens (tertiary/aromatic N) is 4. The topological polar surface area (TPSA) is 41.4 Å². The van der Waals surface area contributed by atoms with E-state index in [4.69, 9.17) is 0 Å². The van der Waals surface area contributed by atoms with Crippen molar-refractivity contribution in [2.45, 2.75) is 33.4 Å². The molecule has 29 heavy (non-hydrogen) atoms. The first-order valence-corrected chi connectivity index (χ1v) is 10.2. The summed E-state index contributed by atoms with van der Waals surface area (Å²) < 4.78 is 1.81. The fraction of sp³-hybridized carbons (Fsp3) is 0.333. The summed E-state index contributed by atoms with van der Waals surface area (Å²) in [5.41, 5.74) is 5.67. The lowest BCUT2D eigenvalue weighted by Crippen LogP contribution is -2.55. The molecule has 1 aliphatic rings. The van der Waals surface area contributed by atoms with Gasteiger partial charge in [-0.05, 0) is 38.5 Å². The van der Waals surface area contributed by atoms with E-state index in [0.29, 0.717) is 6.54 Å². The van der Waals surface area contributed by atoms with E-state index in [-0.39, 0.29) is 11.9 Å². The number of carbonyl (C=O) groups is 1. The smallest absolute Gasteiger partial charge is 0.244 e. The van der Waals surface area contributed by atoms with Crippen molar-refractivity contribution in [1.82, 2.24) is 14.7 Å². The minimum atomic E-state index is 0.139. The molecule has 2 aromatic carbocycles. The minimum Gasteiger partial charge on any atom is -0.367 e. The van der Waals surface area contributed by atoms with Crippen LogP contribution in [-0.2, 0) is 11.3 Å². The zero-order valence-electron chi connectivity index (χ0n) is 17.4. The van der Waals surface area contributed by atoms with E-state index in [1.54, 1.807) is 0 Å². The first kappa shape index (κ1) is 19.2. The van der Waals surface area contributed by atoms with Gasteiger partial charge in [0.2, 0.25) is 5.91 Å². The number of piperazine rings is 1. The normalized spacial score (nSPS) is 16.9. The highest BCUT2D eigenvalue weighted by Crippen LogP contribution is 2.32. The highest BCUT2D eigenvalue weighted by Gasteiger charge is 2.28. The van der Waals surface area contributed by atoms with Crippen LogP contribution in [0.3, 0.4) is 0 Å². The van der Waals surface area contributed by atoms with Crippen LogP contribution in [0.25, 0.3) is 11.1 Å². The average molecular weight is 389 g/mol. The predicted octanol–water partition coefficient (Wildman–Crippen LogP) is 3.90. The third-order valence-electron chi connectivity index (χ3n) is 5.67. The number of rotatable bonds is 4. The molecule has 0 spiro atoms. The van der Waals surface area contributed by atoms with Crippen molar-refractivity contribution in [1.29, 1.82) is 0 Å². The Balaban J connectivity index is 1.49. The molecule has 0 aliphatic carbocycles. The molecule has 0 unspecified atom stereocenters. The molecule has 1 aliphatic heterocycles. The summed E-state index contributed by atoms with van der Waals surface area (Å²) in [5.74, 6) is 0.139. The summed E-state index contributed by atoms with van der Waals surface area (Å²) in [6, 6.07) is 21.2. The molecule has 150 valence electrons. The first-order valence-electron chi connectivity index (χ1n) is 10.2. The van der Waals surface area contributed by atoms with Crippen LogP contribution in [0.2, 0.25) is 0 Å². The van der Waals surface area contributed by atoms with Crippen LogP contribution < -0.4 is 4.90 Å². The van der Waals surface area contributed by atoms with Crippen molar-refractivity contribution in [3.8, 4) is 11.1 Å². The largest absolute Gasteiger partial charge is 0.367 e. The van der Waals surface area contributed by atoms with Gasteiger partial charge < -0.3 is 9.80 Å². The maximum absolute atomic E-state index is 12.9. The van der Waals surface area contributed by atoms with Gasteiger partial charge >= 0.3 is 0 Å². The van der Waals surface area contributed by atoms with Gasteiger partial charge in [-0.15, -0.1) is 0 Å². The van der Waals surface area contributed by atoms with Crippen LogP contribution in [-0.4, -0.2) is 46.3 Å². The zero-order valence-corrected chi connectivity index (χ0v) is 17.4. The second-order valence-corrected chi connectivity index (χ2v) is 7.85. The lowest BCUT2D eigenvalue weighted by Gasteiger charge is -2.41. The molecule has 1 atom stereocenters. The summed E-state index contributed by atoms with van der Waals surface area (Å²) in [6.45, 7) is 8.78. The van der Waals surface area contributed by atoms with Crippen LogP contribution in [0.15, 0.2) is 60.7 Å². The zero-order chi connectivity index (χ0) is 20.4. The third-order valence-corrected chi connectivity index (χ3v) is 5.67. The molecular formula is C24H28N4O. The maximum atomic E-state index is 12.9. The fourth-order valence-electron chi connectivity index (χ4n) is 4.21. The van der Waals surface area contributed by atoms with E-state index in [9.17, 15) is 4.79 Å². The van der Waals surface area contributed by atoms with Gasteiger partial charge in [-0.3, -0.25) is 9.48 Å².